The van der Waals surface area contributed by atoms with Crippen LogP contribution in [0, 0.1) is 0 Å². The Labute approximate surface area is 223 Å². The molecule has 2 aliphatic carbocycles. The molecular weight excluding hydrogens is 462 g/mol. The van der Waals surface area contributed by atoms with E-state index in [0.29, 0.717) is 0 Å². The van der Waals surface area contributed by atoms with Gasteiger partial charge in [-0.3, -0.25) is 15.0 Å². The lowest BCUT2D eigenvalue weighted by Crippen LogP contribution is -2.62. The van der Waals surface area contributed by atoms with E-state index in [1.165, 1.54) is 49.6 Å². The first kappa shape index (κ1) is 22.0. The zero-order valence-corrected chi connectivity index (χ0v) is 21.9. The molecule has 0 saturated carbocycles. The maximum atomic E-state index is 3.90. The summed E-state index contributed by atoms with van der Waals surface area (Å²) in [5, 5.41) is 9.10. The second-order valence-electron chi connectivity index (χ2n) is 11.3. The quantitative estimate of drug-likeness (QED) is 0.274. The van der Waals surface area contributed by atoms with Gasteiger partial charge in [-0.15, -0.1) is 0 Å². The smallest absolute Gasteiger partial charge is 0.125 e. The molecule has 0 spiro atoms. The first-order chi connectivity index (χ1) is 18.6. The topological polar surface area (TPSA) is 20.2 Å². The molecule has 1 aliphatic heterocycles. The molecule has 1 saturated heterocycles. The normalized spacial score (nSPS) is 21.6. The Morgan fingerprint density at radius 1 is 0.737 bits per heavy atom. The van der Waals surface area contributed by atoms with Gasteiger partial charge in [-0.1, -0.05) is 123 Å². The third-order valence-electron chi connectivity index (χ3n) is 8.99. The number of para-hydroxylation sites is 1. The standard InChI is InChI=1S/C35H31N3/c1-35(2)28-19-11-9-18-27(28)31-29(35)22-21-26-25-17-10-12-20-30(25)37(32(26)31)38-33(23-13-5-3-6-14-23)36-34(38)24-15-7-4-8-16-24/h3-10,12-18,20-22,33-34,36H,11,19H2,1-2H3. The molecule has 2 atom stereocenters. The molecule has 4 aromatic carbocycles. The first-order valence-electron chi connectivity index (χ1n) is 13.8. The van der Waals surface area contributed by atoms with Crippen molar-refractivity contribution in [2.75, 3.05) is 5.01 Å². The van der Waals surface area contributed by atoms with Crippen molar-refractivity contribution in [2.45, 2.75) is 44.4 Å². The minimum absolute atomic E-state index is 0.0375. The molecule has 0 bridgehead atoms. The van der Waals surface area contributed by atoms with Crippen molar-refractivity contribution in [2.24, 2.45) is 0 Å². The van der Waals surface area contributed by atoms with Crippen molar-refractivity contribution < 1.29 is 0 Å². The van der Waals surface area contributed by atoms with Crippen molar-refractivity contribution in [3.05, 3.63) is 137 Å². The monoisotopic (exact) mass is 493 g/mol. The predicted molar refractivity (Wildman–Crippen MR) is 157 cm³/mol. The van der Waals surface area contributed by atoms with Gasteiger partial charge >= 0.3 is 0 Å². The summed E-state index contributed by atoms with van der Waals surface area (Å²) >= 11 is 0. The van der Waals surface area contributed by atoms with Crippen LogP contribution in [-0.4, -0.2) is 4.68 Å². The second kappa shape index (κ2) is 7.96. The highest BCUT2D eigenvalue weighted by Crippen LogP contribution is 2.54. The SMILES string of the molecule is CC1(C)C2=C(C=CCC2)c2c1ccc1c3ccccc3n(N3C(c4ccccc4)NC3c3ccccc3)c21. The highest BCUT2D eigenvalue weighted by Gasteiger charge is 2.44. The van der Waals surface area contributed by atoms with Crippen molar-refractivity contribution >= 4 is 27.4 Å². The van der Waals surface area contributed by atoms with Gasteiger partial charge in [-0.25, -0.2) is 0 Å². The lowest BCUT2D eigenvalue weighted by molar-refractivity contribution is 0.211. The molecule has 38 heavy (non-hydrogen) atoms. The van der Waals surface area contributed by atoms with Crippen LogP contribution in [0.2, 0.25) is 0 Å². The Kier molecular flexibility index (Phi) is 4.60. The summed E-state index contributed by atoms with van der Waals surface area (Å²) in [5.74, 6) is 0. The molecule has 1 fully saturated rings. The number of nitrogens with one attached hydrogen (secondary N) is 1. The van der Waals surface area contributed by atoms with E-state index in [4.69, 9.17) is 0 Å². The number of allylic oxidation sites excluding steroid dienone is 4. The Hall–Kier alpha value is -4.08. The van der Waals surface area contributed by atoms with Crippen LogP contribution in [0.5, 0.6) is 0 Å². The third kappa shape index (κ3) is 2.88. The Morgan fingerprint density at radius 2 is 1.39 bits per heavy atom. The van der Waals surface area contributed by atoms with Gasteiger partial charge in [0, 0.05) is 21.8 Å². The van der Waals surface area contributed by atoms with Crippen LogP contribution in [0.15, 0.2) is 115 Å². The molecule has 3 nitrogen and oxygen atoms in total. The fourth-order valence-corrected chi connectivity index (χ4v) is 7.15. The summed E-state index contributed by atoms with van der Waals surface area (Å²) in [6.07, 6.45) is 7.17. The van der Waals surface area contributed by atoms with E-state index >= 15 is 0 Å². The maximum absolute atomic E-state index is 3.90. The molecule has 2 heterocycles. The summed E-state index contributed by atoms with van der Waals surface area (Å²) in [5.41, 5.74) is 11.1. The molecule has 2 unspecified atom stereocenters. The van der Waals surface area contributed by atoms with Gasteiger partial charge in [0.2, 0.25) is 0 Å². The van der Waals surface area contributed by atoms with E-state index in [0.717, 1.165) is 12.8 Å². The van der Waals surface area contributed by atoms with Crippen LogP contribution < -0.4 is 10.3 Å². The maximum Gasteiger partial charge on any atom is 0.125 e. The van der Waals surface area contributed by atoms with Crippen molar-refractivity contribution in [3.63, 3.8) is 0 Å². The van der Waals surface area contributed by atoms with Gasteiger partial charge in [-0.05, 0) is 41.2 Å². The molecule has 5 aromatic rings. The fourth-order valence-electron chi connectivity index (χ4n) is 7.15. The van der Waals surface area contributed by atoms with Crippen LogP contribution in [-0.2, 0) is 5.41 Å². The molecule has 1 N–H and O–H groups in total. The molecular formula is C35H31N3. The number of benzene rings is 4. The number of hydrogen-bond acceptors (Lipinski definition) is 2. The molecule has 186 valence electrons. The van der Waals surface area contributed by atoms with Crippen molar-refractivity contribution in [1.82, 2.24) is 9.99 Å². The van der Waals surface area contributed by atoms with Crippen LogP contribution in [0.1, 0.15) is 61.3 Å². The number of fused-ring (bicyclic) bond motifs is 6. The number of aromatic nitrogens is 1. The average molecular weight is 494 g/mol. The van der Waals surface area contributed by atoms with Gasteiger partial charge in [0.25, 0.3) is 0 Å². The Morgan fingerprint density at radius 3 is 2.11 bits per heavy atom. The highest BCUT2D eigenvalue weighted by atomic mass is 15.7. The summed E-state index contributed by atoms with van der Waals surface area (Å²) < 4.78 is 2.55. The molecule has 3 heteroatoms. The van der Waals surface area contributed by atoms with Crippen LogP contribution >= 0.6 is 0 Å². The van der Waals surface area contributed by atoms with Gasteiger partial charge < -0.3 is 0 Å². The fraction of sp³-hybridized carbons (Fsp3) is 0.200. The highest BCUT2D eigenvalue weighted by molar-refractivity contribution is 6.14. The van der Waals surface area contributed by atoms with Gasteiger partial charge in [-0.2, -0.15) is 0 Å². The van der Waals surface area contributed by atoms with E-state index in [-0.39, 0.29) is 17.7 Å². The van der Waals surface area contributed by atoms with Crippen LogP contribution in [0.3, 0.4) is 0 Å². The number of rotatable bonds is 3. The van der Waals surface area contributed by atoms with Crippen molar-refractivity contribution in [1.29, 1.82) is 0 Å². The van der Waals surface area contributed by atoms with Crippen molar-refractivity contribution in [3.8, 4) is 0 Å². The molecule has 8 rings (SSSR count). The second-order valence-corrected chi connectivity index (χ2v) is 11.3. The third-order valence-corrected chi connectivity index (χ3v) is 8.99. The zero-order valence-electron chi connectivity index (χ0n) is 21.9. The van der Waals surface area contributed by atoms with E-state index in [1.54, 1.807) is 5.57 Å². The van der Waals surface area contributed by atoms with E-state index in [1.807, 2.05) is 0 Å². The summed E-state index contributed by atoms with van der Waals surface area (Å²) in [7, 11) is 0. The predicted octanol–water partition coefficient (Wildman–Crippen LogP) is 8.13. The van der Waals surface area contributed by atoms with Gasteiger partial charge in [0.05, 0.1) is 11.0 Å². The minimum atomic E-state index is 0.0375. The number of nitrogens with zero attached hydrogens (tertiary/aromatic N) is 2. The van der Waals surface area contributed by atoms with Gasteiger partial charge in [0.1, 0.15) is 12.3 Å². The average Bonchev–Trinajstić information content (AvgIpc) is 3.39. The molecule has 1 aromatic heterocycles. The summed E-state index contributed by atoms with van der Waals surface area (Å²) in [6, 6.07) is 35.4. The largest absolute Gasteiger partial charge is 0.269 e. The molecule has 0 amide bonds. The number of hydrogen-bond donors (Lipinski definition) is 1. The molecule has 3 aliphatic rings. The first-order valence-corrected chi connectivity index (χ1v) is 13.8. The lowest BCUT2D eigenvalue weighted by atomic mass is 9.78. The van der Waals surface area contributed by atoms with Crippen LogP contribution in [0.4, 0.5) is 0 Å². The zero-order chi connectivity index (χ0) is 25.4. The van der Waals surface area contributed by atoms with E-state index in [2.05, 4.69) is 138 Å². The molecule has 0 radical (unpaired) electrons. The van der Waals surface area contributed by atoms with E-state index in [9.17, 15) is 0 Å². The van der Waals surface area contributed by atoms with Gasteiger partial charge in [0.15, 0.2) is 0 Å². The summed E-state index contributed by atoms with van der Waals surface area (Å²) in [4.78, 5) is 0. The summed E-state index contributed by atoms with van der Waals surface area (Å²) in [6.45, 7) is 4.83. The lowest BCUT2D eigenvalue weighted by Gasteiger charge is -2.52. The Balaban J connectivity index is 1.46. The minimum Gasteiger partial charge on any atom is -0.269 e. The van der Waals surface area contributed by atoms with Crippen LogP contribution in [0.25, 0.3) is 27.4 Å². The Bertz CT molecular complexity index is 1730. The van der Waals surface area contributed by atoms with E-state index < -0.39 is 0 Å².